The minimum atomic E-state index is -0.654. The van der Waals surface area contributed by atoms with E-state index in [1.165, 1.54) is 0 Å². The number of anilines is 1. The molecule has 0 radical (unpaired) electrons. The van der Waals surface area contributed by atoms with E-state index in [0.717, 1.165) is 5.56 Å². The summed E-state index contributed by atoms with van der Waals surface area (Å²) in [6, 6.07) is 16.1. The Labute approximate surface area is 164 Å². The maximum Gasteiger partial charge on any atom is 0.408 e. The highest BCUT2D eigenvalue weighted by Gasteiger charge is 2.16. The van der Waals surface area contributed by atoms with Crippen LogP contribution >= 0.6 is 0 Å². The molecule has 0 bridgehead atoms. The fourth-order valence-electron chi connectivity index (χ4n) is 2.30. The first-order valence-corrected chi connectivity index (χ1v) is 8.92. The van der Waals surface area contributed by atoms with Crippen LogP contribution in [0.2, 0.25) is 0 Å². The second-order valence-electron chi connectivity index (χ2n) is 7.11. The van der Waals surface area contributed by atoms with Gasteiger partial charge >= 0.3 is 6.09 Å². The molecule has 28 heavy (non-hydrogen) atoms. The van der Waals surface area contributed by atoms with Crippen molar-refractivity contribution in [1.29, 1.82) is 0 Å². The summed E-state index contributed by atoms with van der Waals surface area (Å²) >= 11 is 0. The van der Waals surface area contributed by atoms with Gasteiger partial charge in [-0.3, -0.25) is 9.59 Å². The molecule has 3 amide bonds. The monoisotopic (exact) mass is 383 g/mol. The first kappa shape index (κ1) is 21.0. The van der Waals surface area contributed by atoms with Crippen LogP contribution in [0.3, 0.4) is 0 Å². The Morgan fingerprint density at radius 1 is 0.893 bits per heavy atom. The van der Waals surface area contributed by atoms with Gasteiger partial charge in [0.05, 0.1) is 0 Å². The Balaban J connectivity index is 1.88. The number of amides is 3. The van der Waals surface area contributed by atoms with Crippen LogP contribution in [0.1, 0.15) is 36.7 Å². The van der Waals surface area contributed by atoms with E-state index < -0.39 is 11.7 Å². The van der Waals surface area contributed by atoms with Crippen molar-refractivity contribution in [2.24, 2.45) is 0 Å². The number of nitrogens with one attached hydrogen (secondary N) is 3. The van der Waals surface area contributed by atoms with E-state index in [1.54, 1.807) is 57.2 Å². The lowest BCUT2D eigenvalue weighted by molar-refractivity contribution is -0.120. The maximum atomic E-state index is 12.3. The van der Waals surface area contributed by atoms with Gasteiger partial charge < -0.3 is 20.7 Å². The quantitative estimate of drug-likeness (QED) is 0.714. The highest BCUT2D eigenvalue weighted by molar-refractivity contribution is 6.04. The van der Waals surface area contributed by atoms with Crippen molar-refractivity contribution in [3.8, 4) is 0 Å². The lowest BCUT2D eigenvalue weighted by atomic mass is 10.1. The molecule has 2 rings (SSSR count). The van der Waals surface area contributed by atoms with Crippen molar-refractivity contribution in [3.05, 3.63) is 65.7 Å². The number of alkyl carbamates (subject to hydrolysis) is 1. The van der Waals surface area contributed by atoms with E-state index in [0.29, 0.717) is 11.3 Å². The number of ether oxygens (including phenoxy) is 1. The van der Waals surface area contributed by atoms with Gasteiger partial charge in [0.2, 0.25) is 5.91 Å². The van der Waals surface area contributed by atoms with Crippen LogP contribution in [-0.4, -0.2) is 30.1 Å². The molecule has 148 valence electrons. The van der Waals surface area contributed by atoms with Crippen molar-refractivity contribution in [2.45, 2.75) is 32.9 Å². The van der Waals surface area contributed by atoms with E-state index in [9.17, 15) is 14.4 Å². The number of carbonyl (C=O) groups excluding carboxylic acids is 3. The Kier molecular flexibility index (Phi) is 7.14. The summed E-state index contributed by atoms with van der Waals surface area (Å²) in [6.45, 7) is 5.24. The van der Waals surface area contributed by atoms with Gasteiger partial charge in [0.15, 0.2) is 0 Å². The molecular formula is C21H25N3O4. The van der Waals surface area contributed by atoms with Crippen LogP contribution in [0, 0.1) is 0 Å². The average molecular weight is 383 g/mol. The van der Waals surface area contributed by atoms with Crippen LogP contribution in [-0.2, 0) is 16.1 Å². The second kappa shape index (κ2) is 9.55. The minimum Gasteiger partial charge on any atom is -0.444 e. The largest absolute Gasteiger partial charge is 0.444 e. The topological polar surface area (TPSA) is 96.5 Å². The Bertz CT molecular complexity index is 829. The van der Waals surface area contributed by atoms with Crippen LogP contribution < -0.4 is 16.0 Å². The van der Waals surface area contributed by atoms with E-state index in [2.05, 4.69) is 16.0 Å². The number of hydrogen-bond donors (Lipinski definition) is 3. The van der Waals surface area contributed by atoms with E-state index in [-0.39, 0.29) is 24.9 Å². The third-order valence-electron chi connectivity index (χ3n) is 3.57. The van der Waals surface area contributed by atoms with Gasteiger partial charge in [-0.25, -0.2) is 4.79 Å². The predicted octanol–water partition coefficient (Wildman–Crippen LogP) is 3.08. The fraction of sp³-hybridized carbons (Fsp3) is 0.286. The van der Waals surface area contributed by atoms with E-state index in [4.69, 9.17) is 4.74 Å². The lowest BCUT2D eigenvalue weighted by Gasteiger charge is -2.19. The zero-order valence-corrected chi connectivity index (χ0v) is 16.2. The van der Waals surface area contributed by atoms with Crippen molar-refractivity contribution < 1.29 is 19.1 Å². The molecule has 0 spiro atoms. The van der Waals surface area contributed by atoms with Crippen molar-refractivity contribution in [1.82, 2.24) is 10.6 Å². The zero-order valence-electron chi connectivity index (χ0n) is 16.2. The molecule has 0 saturated heterocycles. The molecule has 0 aliphatic rings. The van der Waals surface area contributed by atoms with Crippen molar-refractivity contribution in [3.63, 3.8) is 0 Å². The lowest BCUT2D eigenvalue weighted by Crippen LogP contribution is -2.39. The Hall–Kier alpha value is -3.35. The third-order valence-corrected chi connectivity index (χ3v) is 3.57. The first-order chi connectivity index (χ1) is 13.2. The van der Waals surface area contributed by atoms with Crippen molar-refractivity contribution in [2.75, 3.05) is 11.9 Å². The van der Waals surface area contributed by atoms with Crippen molar-refractivity contribution >= 4 is 23.6 Å². The smallest absolute Gasteiger partial charge is 0.408 e. The molecule has 0 aliphatic heterocycles. The molecule has 2 aromatic rings. The van der Waals surface area contributed by atoms with Gasteiger partial charge in [0, 0.05) is 17.8 Å². The second-order valence-corrected chi connectivity index (χ2v) is 7.11. The summed E-state index contributed by atoms with van der Waals surface area (Å²) in [5.41, 5.74) is 1.27. The minimum absolute atomic E-state index is 0.201. The molecular weight excluding hydrogens is 358 g/mol. The predicted molar refractivity (Wildman–Crippen MR) is 107 cm³/mol. The molecule has 0 saturated carbocycles. The standard InChI is InChI=1S/C21H25N3O4/c1-21(2,3)28-20(27)23-14-18(25)22-13-16-11-7-8-12-17(16)24-19(26)15-9-5-4-6-10-15/h4-12H,13-14H2,1-3H3,(H,22,25)(H,23,27)(H,24,26). The summed E-state index contributed by atoms with van der Waals surface area (Å²) < 4.78 is 5.08. The first-order valence-electron chi connectivity index (χ1n) is 8.92. The molecule has 0 atom stereocenters. The average Bonchev–Trinajstić information content (AvgIpc) is 2.65. The van der Waals surface area contributed by atoms with Gasteiger partial charge in [-0.1, -0.05) is 36.4 Å². The van der Waals surface area contributed by atoms with Crippen LogP contribution in [0.25, 0.3) is 0 Å². The zero-order chi connectivity index (χ0) is 20.6. The maximum absolute atomic E-state index is 12.3. The van der Waals surface area contributed by atoms with Gasteiger partial charge in [-0.2, -0.15) is 0 Å². The summed E-state index contributed by atoms with van der Waals surface area (Å²) in [5.74, 6) is -0.596. The summed E-state index contributed by atoms with van der Waals surface area (Å²) in [7, 11) is 0. The van der Waals surface area contributed by atoms with E-state index >= 15 is 0 Å². The normalized spacial score (nSPS) is 10.7. The molecule has 2 aromatic carbocycles. The number of hydrogen-bond acceptors (Lipinski definition) is 4. The molecule has 7 nitrogen and oxygen atoms in total. The molecule has 0 aromatic heterocycles. The summed E-state index contributed by atoms with van der Waals surface area (Å²) in [4.78, 5) is 35.9. The number of para-hydroxylation sites is 1. The SMILES string of the molecule is CC(C)(C)OC(=O)NCC(=O)NCc1ccccc1NC(=O)c1ccccc1. The van der Waals surface area contributed by atoms with Crippen LogP contribution in [0.15, 0.2) is 54.6 Å². The number of carbonyl (C=O) groups is 3. The van der Waals surface area contributed by atoms with Gasteiger partial charge in [0.1, 0.15) is 12.1 Å². The van der Waals surface area contributed by atoms with E-state index in [1.807, 2.05) is 18.2 Å². The molecule has 0 fully saturated rings. The molecule has 3 N–H and O–H groups in total. The highest BCUT2D eigenvalue weighted by Crippen LogP contribution is 2.16. The molecule has 0 heterocycles. The Morgan fingerprint density at radius 3 is 2.21 bits per heavy atom. The van der Waals surface area contributed by atoms with Crippen LogP contribution in [0.4, 0.5) is 10.5 Å². The number of benzene rings is 2. The molecule has 0 unspecified atom stereocenters. The van der Waals surface area contributed by atoms with Gasteiger partial charge in [-0.15, -0.1) is 0 Å². The highest BCUT2D eigenvalue weighted by atomic mass is 16.6. The molecule has 7 heteroatoms. The van der Waals surface area contributed by atoms with Gasteiger partial charge in [-0.05, 0) is 44.5 Å². The third kappa shape index (κ3) is 7.11. The fourth-order valence-corrected chi connectivity index (χ4v) is 2.30. The summed E-state index contributed by atoms with van der Waals surface area (Å²) in [6.07, 6.45) is -0.654. The summed E-state index contributed by atoms with van der Waals surface area (Å²) in [5, 5.41) is 7.96. The number of rotatable bonds is 6. The van der Waals surface area contributed by atoms with Crippen LogP contribution in [0.5, 0.6) is 0 Å². The Morgan fingerprint density at radius 2 is 1.54 bits per heavy atom. The molecule has 0 aliphatic carbocycles. The van der Waals surface area contributed by atoms with Gasteiger partial charge in [0.25, 0.3) is 5.91 Å².